The van der Waals surface area contributed by atoms with E-state index < -0.39 is 23.3 Å². The Morgan fingerprint density at radius 1 is 1.00 bits per heavy atom. The second-order valence-electron chi connectivity index (χ2n) is 7.56. The third-order valence-electron chi connectivity index (χ3n) is 5.25. The Bertz CT molecular complexity index is 1670. The maximum Gasteiger partial charge on any atom is 0.417 e. The van der Waals surface area contributed by atoms with Crippen molar-refractivity contribution in [2.24, 2.45) is 0 Å². The van der Waals surface area contributed by atoms with Crippen LogP contribution in [-0.4, -0.2) is 15.9 Å². The third-order valence-corrected chi connectivity index (χ3v) is 5.88. The summed E-state index contributed by atoms with van der Waals surface area (Å²) in [6.45, 7) is 0. The molecule has 2 N–H and O–H groups in total. The first-order chi connectivity index (χ1) is 16.6. The molecule has 2 heterocycles. The van der Waals surface area contributed by atoms with E-state index in [2.05, 4.69) is 15.3 Å². The van der Waals surface area contributed by atoms with Gasteiger partial charge >= 0.3 is 11.8 Å². The number of anilines is 1. The lowest BCUT2D eigenvalue weighted by atomic mass is 10.1. The van der Waals surface area contributed by atoms with Gasteiger partial charge in [-0.1, -0.05) is 29.3 Å². The van der Waals surface area contributed by atoms with Crippen LogP contribution in [-0.2, 0) is 6.18 Å². The van der Waals surface area contributed by atoms with Crippen molar-refractivity contribution in [1.82, 2.24) is 9.97 Å². The maximum atomic E-state index is 13.2. The first kappa shape index (κ1) is 22.9. The standard InChI is InChI=1S/C24H12Cl2F3N3O3/c25-15-2-1-3-16(26)21(15)22-31-17-7-4-11(8-18(17)32-22)23(34)30-12-5-6-13-14(24(27,28)29)10-20(33)35-19(13)9-12/h1-10H,(H,30,34)(H,31,32). The van der Waals surface area contributed by atoms with Crippen LogP contribution in [0.4, 0.5) is 18.9 Å². The van der Waals surface area contributed by atoms with Gasteiger partial charge in [0.1, 0.15) is 11.4 Å². The van der Waals surface area contributed by atoms with Gasteiger partial charge in [-0.25, -0.2) is 9.78 Å². The van der Waals surface area contributed by atoms with Gasteiger partial charge in [-0.05, 0) is 42.5 Å². The molecule has 0 spiro atoms. The molecule has 0 fully saturated rings. The predicted octanol–water partition coefficient (Wildman–Crippen LogP) is 6.91. The van der Waals surface area contributed by atoms with Gasteiger partial charge in [0.2, 0.25) is 0 Å². The van der Waals surface area contributed by atoms with Crippen molar-refractivity contribution in [3.05, 3.63) is 92.3 Å². The first-order valence-electron chi connectivity index (χ1n) is 10.0. The van der Waals surface area contributed by atoms with E-state index in [0.717, 1.165) is 12.1 Å². The summed E-state index contributed by atoms with van der Waals surface area (Å²) < 4.78 is 44.6. The van der Waals surface area contributed by atoms with Crippen LogP contribution in [0.25, 0.3) is 33.4 Å². The smallest absolute Gasteiger partial charge is 0.417 e. The van der Waals surface area contributed by atoms with E-state index in [4.69, 9.17) is 27.6 Å². The summed E-state index contributed by atoms with van der Waals surface area (Å²) in [5, 5.41) is 3.12. The first-order valence-corrected chi connectivity index (χ1v) is 10.8. The van der Waals surface area contributed by atoms with Crippen molar-refractivity contribution in [1.29, 1.82) is 0 Å². The number of benzene rings is 3. The Kier molecular flexibility index (Phi) is 5.53. The normalized spacial score (nSPS) is 11.8. The fraction of sp³-hybridized carbons (Fsp3) is 0.0417. The Labute approximate surface area is 204 Å². The van der Waals surface area contributed by atoms with E-state index in [1.54, 1.807) is 36.4 Å². The van der Waals surface area contributed by atoms with Crippen molar-refractivity contribution in [3.63, 3.8) is 0 Å². The molecule has 3 aromatic carbocycles. The molecular formula is C24H12Cl2F3N3O3. The number of aromatic nitrogens is 2. The molecule has 0 aliphatic heterocycles. The van der Waals surface area contributed by atoms with E-state index in [0.29, 0.717) is 38.5 Å². The van der Waals surface area contributed by atoms with Crippen molar-refractivity contribution in [3.8, 4) is 11.4 Å². The van der Waals surface area contributed by atoms with E-state index in [1.165, 1.54) is 6.07 Å². The number of carbonyl (C=O) groups excluding carboxylic acids is 1. The molecule has 0 radical (unpaired) electrons. The number of H-pyrrole nitrogens is 1. The Hall–Kier alpha value is -3.82. The minimum Gasteiger partial charge on any atom is -0.423 e. The molecule has 35 heavy (non-hydrogen) atoms. The molecule has 0 saturated heterocycles. The van der Waals surface area contributed by atoms with Gasteiger partial charge in [0, 0.05) is 28.8 Å². The fourth-order valence-electron chi connectivity index (χ4n) is 3.67. The number of imidazole rings is 1. The number of hydrogen-bond donors (Lipinski definition) is 2. The second-order valence-corrected chi connectivity index (χ2v) is 8.37. The molecule has 2 aromatic heterocycles. The largest absolute Gasteiger partial charge is 0.423 e. The molecule has 0 aliphatic carbocycles. The third kappa shape index (κ3) is 4.36. The van der Waals surface area contributed by atoms with E-state index >= 15 is 0 Å². The quantitative estimate of drug-likeness (QED) is 0.254. The Balaban J connectivity index is 1.46. The number of rotatable bonds is 3. The Morgan fingerprint density at radius 3 is 2.46 bits per heavy atom. The number of halogens is 5. The Morgan fingerprint density at radius 2 is 1.74 bits per heavy atom. The lowest BCUT2D eigenvalue weighted by molar-refractivity contribution is -0.136. The highest BCUT2D eigenvalue weighted by Crippen LogP contribution is 2.35. The van der Waals surface area contributed by atoms with Crippen LogP contribution in [0, 0.1) is 0 Å². The number of aromatic amines is 1. The van der Waals surface area contributed by atoms with Crippen LogP contribution in [0.5, 0.6) is 0 Å². The highest BCUT2D eigenvalue weighted by molar-refractivity contribution is 6.39. The molecule has 0 atom stereocenters. The van der Waals surface area contributed by atoms with Crippen molar-refractivity contribution < 1.29 is 22.4 Å². The van der Waals surface area contributed by atoms with Gasteiger partial charge in [0.25, 0.3) is 5.91 Å². The predicted molar refractivity (Wildman–Crippen MR) is 127 cm³/mol. The van der Waals surface area contributed by atoms with Gasteiger partial charge < -0.3 is 14.7 Å². The molecule has 0 aliphatic rings. The zero-order valence-corrected chi connectivity index (χ0v) is 18.8. The lowest BCUT2D eigenvalue weighted by Crippen LogP contribution is -2.13. The van der Waals surface area contributed by atoms with Crippen LogP contribution >= 0.6 is 23.2 Å². The second kappa shape index (κ2) is 8.44. The average molecular weight is 518 g/mol. The summed E-state index contributed by atoms with van der Waals surface area (Å²) in [5.74, 6) is -0.106. The van der Waals surface area contributed by atoms with Crippen LogP contribution in [0.15, 0.2) is 69.9 Å². The molecule has 0 saturated carbocycles. The average Bonchev–Trinajstić information content (AvgIpc) is 3.20. The minimum absolute atomic E-state index is 0.151. The molecule has 11 heteroatoms. The number of fused-ring (bicyclic) bond motifs is 2. The van der Waals surface area contributed by atoms with Crippen molar-refractivity contribution in [2.75, 3.05) is 5.32 Å². The van der Waals surface area contributed by atoms with Crippen LogP contribution < -0.4 is 10.9 Å². The molecule has 5 rings (SSSR count). The van der Waals surface area contributed by atoms with Crippen LogP contribution in [0.3, 0.4) is 0 Å². The number of nitrogens with zero attached hydrogens (tertiary/aromatic N) is 1. The van der Waals surface area contributed by atoms with Crippen LogP contribution in [0.1, 0.15) is 15.9 Å². The summed E-state index contributed by atoms with van der Waals surface area (Å²) in [6.07, 6.45) is -4.73. The topological polar surface area (TPSA) is 88.0 Å². The van der Waals surface area contributed by atoms with Gasteiger partial charge in [-0.2, -0.15) is 13.2 Å². The summed E-state index contributed by atoms with van der Waals surface area (Å²) in [5.41, 5.74) is -0.514. The molecule has 176 valence electrons. The SMILES string of the molecule is O=C(Nc1ccc2c(C(F)(F)F)cc(=O)oc2c1)c1ccc2nc(-c3c(Cl)cccc3Cl)[nH]c2c1. The highest BCUT2D eigenvalue weighted by Gasteiger charge is 2.33. The molecule has 0 unspecified atom stereocenters. The minimum atomic E-state index is -4.73. The zero-order chi connectivity index (χ0) is 24.9. The molecule has 0 bridgehead atoms. The molecule has 1 amide bonds. The number of nitrogens with one attached hydrogen (secondary N) is 2. The van der Waals surface area contributed by atoms with Crippen LogP contribution in [0.2, 0.25) is 10.0 Å². The van der Waals surface area contributed by atoms with Gasteiger partial charge in [0.15, 0.2) is 0 Å². The summed E-state index contributed by atoms with van der Waals surface area (Å²) in [7, 11) is 0. The number of amides is 1. The van der Waals surface area contributed by atoms with E-state index in [9.17, 15) is 22.8 Å². The van der Waals surface area contributed by atoms with Crippen molar-refractivity contribution in [2.45, 2.75) is 6.18 Å². The van der Waals surface area contributed by atoms with Gasteiger partial charge in [0.05, 0.1) is 32.2 Å². The molecular weight excluding hydrogens is 506 g/mol. The number of carbonyl (C=O) groups is 1. The maximum absolute atomic E-state index is 13.2. The summed E-state index contributed by atoms with van der Waals surface area (Å²) in [6, 6.07) is 13.8. The molecule has 6 nitrogen and oxygen atoms in total. The number of hydrogen-bond acceptors (Lipinski definition) is 4. The summed E-state index contributed by atoms with van der Waals surface area (Å²) in [4.78, 5) is 32.0. The van der Waals surface area contributed by atoms with Gasteiger partial charge in [-0.3, -0.25) is 4.79 Å². The van der Waals surface area contributed by atoms with E-state index in [-0.39, 0.29) is 22.2 Å². The number of alkyl halides is 3. The monoisotopic (exact) mass is 517 g/mol. The fourth-order valence-corrected chi connectivity index (χ4v) is 4.25. The van der Waals surface area contributed by atoms with E-state index in [1.807, 2.05) is 0 Å². The van der Waals surface area contributed by atoms with Crippen molar-refractivity contribution >= 4 is 56.8 Å². The van der Waals surface area contributed by atoms with Gasteiger partial charge in [-0.15, -0.1) is 0 Å². The zero-order valence-electron chi connectivity index (χ0n) is 17.3. The summed E-state index contributed by atoms with van der Waals surface area (Å²) >= 11 is 12.5. The molecule has 5 aromatic rings. The highest BCUT2D eigenvalue weighted by atomic mass is 35.5. The lowest BCUT2D eigenvalue weighted by Gasteiger charge is -2.10.